The van der Waals surface area contributed by atoms with Crippen molar-refractivity contribution in [2.24, 2.45) is 0 Å². The lowest BCUT2D eigenvalue weighted by molar-refractivity contribution is -0.119. The van der Waals surface area contributed by atoms with E-state index in [-0.39, 0.29) is 11.5 Å². The highest BCUT2D eigenvalue weighted by Crippen LogP contribution is 2.28. The van der Waals surface area contributed by atoms with Gasteiger partial charge in [-0.05, 0) is 69.0 Å². The molecule has 2 heterocycles. The molecule has 6 heteroatoms. The van der Waals surface area contributed by atoms with Gasteiger partial charge in [-0.25, -0.2) is 4.68 Å². The lowest BCUT2D eigenvalue weighted by Crippen LogP contribution is -2.34. The molecule has 164 valence electrons. The van der Waals surface area contributed by atoms with Gasteiger partial charge in [-0.2, -0.15) is 5.10 Å². The molecule has 0 fully saturated rings. The number of hydrogen-bond acceptors (Lipinski definition) is 3. The standard InChI is InChI=1S/C26H28N4O2/c1-6-22(25(32)27-21-14-10-11-16(2)18(21)4)29-23(31)15-17(3)24-19(5)28-30(26(24)29)20-12-8-7-9-13-20/h7-15,22H,6H2,1-5H3,(H,27,32). The summed E-state index contributed by atoms with van der Waals surface area (Å²) >= 11 is 0. The number of pyridine rings is 1. The molecule has 6 nitrogen and oxygen atoms in total. The van der Waals surface area contributed by atoms with Crippen molar-refractivity contribution in [3.63, 3.8) is 0 Å². The van der Waals surface area contributed by atoms with Crippen LogP contribution in [0.2, 0.25) is 0 Å². The van der Waals surface area contributed by atoms with E-state index in [0.717, 1.165) is 39.1 Å². The van der Waals surface area contributed by atoms with E-state index >= 15 is 0 Å². The number of nitrogens with one attached hydrogen (secondary N) is 1. The van der Waals surface area contributed by atoms with Gasteiger partial charge in [-0.3, -0.25) is 14.2 Å². The van der Waals surface area contributed by atoms with Gasteiger partial charge in [-0.15, -0.1) is 0 Å². The molecular formula is C26H28N4O2. The highest BCUT2D eigenvalue weighted by molar-refractivity contribution is 5.96. The summed E-state index contributed by atoms with van der Waals surface area (Å²) in [4.78, 5) is 26.7. The van der Waals surface area contributed by atoms with E-state index in [1.54, 1.807) is 15.3 Å². The zero-order valence-electron chi connectivity index (χ0n) is 19.1. The number of carbonyl (C=O) groups excluding carboxylic acids is 1. The predicted octanol–water partition coefficient (Wildman–Crippen LogP) is 5.01. The van der Waals surface area contributed by atoms with Crippen molar-refractivity contribution in [3.8, 4) is 5.69 Å². The number of aromatic nitrogens is 3. The van der Waals surface area contributed by atoms with Gasteiger partial charge < -0.3 is 5.32 Å². The van der Waals surface area contributed by atoms with Crippen molar-refractivity contribution in [3.05, 3.63) is 87.3 Å². The number of benzene rings is 2. The van der Waals surface area contributed by atoms with E-state index in [2.05, 4.69) is 5.32 Å². The van der Waals surface area contributed by atoms with E-state index in [0.29, 0.717) is 12.1 Å². The highest BCUT2D eigenvalue weighted by atomic mass is 16.2. The summed E-state index contributed by atoms with van der Waals surface area (Å²) < 4.78 is 3.36. The minimum atomic E-state index is -0.677. The average molecular weight is 429 g/mol. The minimum Gasteiger partial charge on any atom is -0.324 e. The maximum atomic E-state index is 13.4. The molecule has 0 aliphatic carbocycles. The van der Waals surface area contributed by atoms with Gasteiger partial charge in [-0.1, -0.05) is 37.3 Å². The first-order chi connectivity index (χ1) is 15.3. The molecular weight excluding hydrogens is 400 g/mol. The Labute approximate surface area is 187 Å². The van der Waals surface area contributed by atoms with Crippen molar-refractivity contribution >= 4 is 22.6 Å². The second-order valence-corrected chi connectivity index (χ2v) is 8.23. The Balaban J connectivity index is 1.91. The van der Waals surface area contributed by atoms with Crippen molar-refractivity contribution in [2.75, 3.05) is 5.32 Å². The molecule has 0 bridgehead atoms. The van der Waals surface area contributed by atoms with Gasteiger partial charge in [0.15, 0.2) is 0 Å². The van der Waals surface area contributed by atoms with E-state index in [1.165, 1.54) is 0 Å². The van der Waals surface area contributed by atoms with Crippen LogP contribution in [0.5, 0.6) is 0 Å². The first-order valence-electron chi connectivity index (χ1n) is 10.9. The summed E-state index contributed by atoms with van der Waals surface area (Å²) in [6.45, 7) is 9.75. The Morgan fingerprint density at radius 1 is 1.00 bits per heavy atom. The Morgan fingerprint density at radius 2 is 1.72 bits per heavy atom. The third kappa shape index (κ3) is 3.62. The molecule has 4 rings (SSSR count). The molecule has 4 aromatic rings. The van der Waals surface area contributed by atoms with E-state index in [9.17, 15) is 9.59 Å². The molecule has 1 atom stereocenters. The van der Waals surface area contributed by atoms with Gasteiger partial charge in [0.1, 0.15) is 11.7 Å². The number of anilines is 1. The summed E-state index contributed by atoms with van der Waals surface area (Å²) in [6.07, 6.45) is 0.466. The lowest BCUT2D eigenvalue weighted by atomic mass is 10.1. The van der Waals surface area contributed by atoms with Crippen LogP contribution in [0.25, 0.3) is 16.7 Å². The SMILES string of the molecule is CCC(C(=O)Nc1cccc(C)c1C)n1c(=O)cc(C)c2c(C)nn(-c3ccccc3)c21. The zero-order chi connectivity index (χ0) is 23.0. The van der Waals surface area contributed by atoms with Gasteiger partial charge in [0.05, 0.1) is 11.4 Å². The van der Waals surface area contributed by atoms with Crippen LogP contribution in [-0.4, -0.2) is 20.3 Å². The van der Waals surface area contributed by atoms with Crippen LogP contribution < -0.4 is 10.9 Å². The van der Waals surface area contributed by atoms with Crippen LogP contribution in [0.1, 0.15) is 41.8 Å². The third-order valence-electron chi connectivity index (χ3n) is 6.10. The van der Waals surface area contributed by atoms with Crippen molar-refractivity contribution in [1.29, 1.82) is 0 Å². The molecule has 1 amide bonds. The molecule has 0 spiro atoms. The van der Waals surface area contributed by atoms with Crippen LogP contribution in [0.4, 0.5) is 5.69 Å². The maximum absolute atomic E-state index is 13.4. The molecule has 0 saturated carbocycles. The summed E-state index contributed by atoms with van der Waals surface area (Å²) in [6, 6.07) is 16.4. The number of amides is 1. The molecule has 0 aliphatic rings. The smallest absolute Gasteiger partial charge is 0.253 e. The molecule has 1 N–H and O–H groups in total. The summed E-state index contributed by atoms with van der Waals surface area (Å²) in [5.74, 6) is -0.216. The summed E-state index contributed by atoms with van der Waals surface area (Å²) in [7, 11) is 0. The number of rotatable bonds is 5. The fourth-order valence-corrected chi connectivity index (χ4v) is 4.27. The van der Waals surface area contributed by atoms with Crippen LogP contribution in [0.15, 0.2) is 59.4 Å². The van der Waals surface area contributed by atoms with Crippen molar-refractivity contribution in [2.45, 2.75) is 47.1 Å². The number of para-hydroxylation sites is 1. The molecule has 32 heavy (non-hydrogen) atoms. The lowest BCUT2D eigenvalue weighted by Gasteiger charge is -2.21. The Hall–Kier alpha value is -3.67. The van der Waals surface area contributed by atoms with Gasteiger partial charge in [0.25, 0.3) is 5.56 Å². The molecule has 2 aromatic heterocycles. The van der Waals surface area contributed by atoms with E-state index in [1.807, 2.05) is 83.1 Å². The van der Waals surface area contributed by atoms with Crippen LogP contribution in [-0.2, 0) is 4.79 Å². The third-order valence-corrected chi connectivity index (χ3v) is 6.10. The molecule has 0 radical (unpaired) electrons. The Bertz CT molecular complexity index is 1370. The second kappa shape index (κ2) is 8.46. The maximum Gasteiger partial charge on any atom is 0.253 e. The molecule has 0 saturated heterocycles. The van der Waals surface area contributed by atoms with E-state index < -0.39 is 6.04 Å². The Morgan fingerprint density at radius 3 is 2.41 bits per heavy atom. The molecule has 2 aromatic carbocycles. The van der Waals surface area contributed by atoms with Crippen molar-refractivity contribution in [1.82, 2.24) is 14.3 Å². The van der Waals surface area contributed by atoms with Crippen LogP contribution in [0.3, 0.4) is 0 Å². The first-order valence-corrected chi connectivity index (χ1v) is 10.9. The topological polar surface area (TPSA) is 68.9 Å². The zero-order valence-corrected chi connectivity index (χ0v) is 19.1. The van der Waals surface area contributed by atoms with E-state index in [4.69, 9.17) is 5.10 Å². The van der Waals surface area contributed by atoms with Gasteiger partial charge in [0, 0.05) is 17.1 Å². The van der Waals surface area contributed by atoms with Crippen molar-refractivity contribution < 1.29 is 4.79 Å². The Kier molecular flexibility index (Phi) is 5.70. The molecule has 0 aliphatic heterocycles. The first kappa shape index (κ1) is 21.6. The number of nitrogens with zero attached hydrogens (tertiary/aromatic N) is 3. The highest BCUT2D eigenvalue weighted by Gasteiger charge is 2.26. The number of carbonyl (C=O) groups is 1. The normalized spacial score (nSPS) is 12.2. The second-order valence-electron chi connectivity index (χ2n) is 8.23. The number of hydrogen-bond donors (Lipinski definition) is 1. The number of aryl methyl sites for hydroxylation is 3. The van der Waals surface area contributed by atoms with Gasteiger partial charge >= 0.3 is 0 Å². The predicted molar refractivity (Wildman–Crippen MR) is 129 cm³/mol. The largest absolute Gasteiger partial charge is 0.324 e. The van der Waals surface area contributed by atoms with Gasteiger partial charge in [0.2, 0.25) is 5.91 Å². The number of fused-ring (bicyclic) bond motifs is 1. The summed E-state index contributed by atoms with van der Waals surface area (Å²) in [5.41, 5.74) is 5.82. The van der Waals surface area contributed by atoms with Crippen LogP contribution in [0, 0.1) is 27.7 Å². The van der Waals surface area contributed by atoms with Crippen LogP contribution >= 0.6 is 0 Å². The average Bonchev–Trinajstić information content (AvgIpc) is 3.12. The fraction of sp³-hybridized carbons (Fsp3) is 0.269. The molecule has 1 unspecified atom stereocenters. The monoisotopic (exact) mass is 428 g/mol. The summed E-state index contributed by atoms with van der Waals surface area (Å²) in [5, 5.41) is 8.67. The minimum absolute atomic E-state index is 0.213. The quantitative estimate of drug-likeness (QED) is 0.486. The fourth-order valence-electron chi connectivity index (χ4n) is 4.27.